The van der Waals surface area contributed by atoms with Crippen LogP contribution in [-0.2, 0) is 6.42 Å². The molecule has 1 aliphatic carbocycles. The van der Waals surface area contributed by atoms with Crippen molar-refractivity contribution in [1.29, 1.82) is 0 Å². The molecular formula is C17H17FN4O2. The molecule has 1 aliphatic heterocycles. The molecule has 2 aromatic rings. The van der Waals surface area contributed by atoms with E-state index in [1.807, 2.05) is 4.90 Å². The molecule has 2 N–H and O–H groups in total. The van der Waals surface area contributed by atoms with Crippen molar-refractivity contribution in [2.24, 2.45) is 0 Å². The fourth-order valence-corrected chi connectivity index (χ4v) is 3.14. The normalized spacial score (nSPS) is 16.3. The standard InChI is InChI=1S/C17H17FN4O2/c1-9-11(6-8-23)14(18)21-16-13(9)20-17(24)12-3-2-7-19-15(12)22(16)10-4-5-10/h2-3,7,10,23H,4-6,8H2,1H3,(H,20,24). The number of halogens is 1. The summed E-state index contributed by atoms with van der Waals surface area (Å²) in [6.07, 6.45) is 3.67. The average molecular weight is 328 g/mol. The van der Waals surface area contributed by atoms with Crippen molar-refractivity contribution in [1.82, 2.24) is 9.97 Å². The number of amides is 1. The summed E-state index contributed by atoms with van der Waals surface area (Å²) in [7, 11) is 0. The molecule has 1 fully saturated rings. The van der Waals surface area contributed by atoms with Gasteiger partial charge in [-0.1, -0.05) is 0 Å². The maximum Gasteiger partial charge on any atom is 0.259 e. The Morgan fingerprint density at radius 1 is 1.42 bits per heavy atom. The molecule has 0 aromatic carbocycles. The predicted molar refractivity (Wildman–Crippen MR) is 87.1 cm³/mol. The van der Waals surface area contributed by atoms with Gasteiger partial charge in [0.05, 0.1) is 11.3 Å². The van der Waals surface area contributed by atoms with Crippen LogP contribution in [0.4, 0.5) is 21.7 Å². The summed E-state index contributed by atoms with van der Waals surface area (Å²) in [5.74, 6) is 0.00554. The molecule has 124 valence electrons. The number of carbonyl (C=O) groups excluding carboxylic acids is 1. The van der Waals surface area contributed by atoms with Gasteiger partial charge in [0.15, 0.2) is 5.82 Å². The summed E-state index contributed by atoms with van der Waals surface area (Å²) in [5, 5.41) is 12.0. The quantitative estimate of drug-likeness (QED) is 0.846. The number of aromatic nitrogens is 2. The van der Waals surface area contributed by atoms with Gasteiger partial charge in [0.1, 0.15) is 5.82 Å². The molecule has 1 amide bonds. The fraction of sp³-hybridized carbons (Fsp3) is 0.353. The topological polar surface area (TPSA) is 78.4 Å². The van der Waals surface area contributed by atoms with E-state index < -0.39 is 5.95 Å². The summed E-state index contributed by atoms with van der Waals surface area (Å²) in [5.41, 5.74) is 1.87. The molecule has 6 nitrogen and oxygen atoms in total. The number of nitrogens with one attached hydrogen (secondary N) is 1. The SMILES string of the molecule is Cc1c(CCO)c(F)nc2c1NC(=O)c1cccnc1N2C1CC1. The number of hydrogen-bond donors (Lipinski definition) is 2. The van der Waals surface area contributed by atoms with Gasteiger partial charge in [0, 0.05) is 30.8 Å². The minimum Gasteiger partial charge on any atom is -0.396 e. The number of pyridine rings is 2. The van der Waals surface area contributed by atoms with E-state index in [0.29, 0.717) is 34.0 Å². The van der Waals surface area contributed by atoms with Crippen molar-refractivity contribution in [3.63, 3.8) is 0 Å². The number of aliphatic hydroxyl groups excluding tert-OH is 1. The first-order chi connectivity index (χ1) is 11.6. The second-order valence-electron chi connectivity index (χ2n) is 6.11. The minimum atomic E-state index is -0.611. The molecule has 0 saturated heterocycles. The Morgan fingerprint density at radius 2 is 2.21 bits per heavy atom. The Bertz CT molecular complexity index is 836. The van der Waals surface area contributed by atoms with Crippen LogP contribution in [0.25, 0.3) is 0 Å². The number of aliphatic hydroxyl groups is 1. The first-order valence-corrected chi connectivity index (χ1v) is 7.97. The van der Waals surface area contributed by atoms with Crippen LogP contribution in [0, 0.1) is 12.9 Å². The number of rotatable bonds is 3. The van der Waals surface area contributed by atoms with Gasteiger partial charge in [-0.2, -0.15) is 9.37 Å². The Labute approximate surface area is 138 Å². The average Bonchev–Trinajstić information content (AvgIpc) is 3.40. The van der Waals surface area contributed by atoms with Gasteiger partial charge < -0.3 is 15.3 Å². The van der Waals surface area contributed by atoms with E-state index in [1.54, 1.807) is 25.3 Å². The Morgan fingerprint density at radius 3 is 2.92 bits per heavy atom. The maximum atomic E-state index is 14.5. The van der Waals surface area contributed by atoms with E-state index in [4.69, 9.17) is 0 Å². The third-order valence-electron chi connectivity index (χ3n) is 4.50. The monoisotopic (exact) mass is 328 g/mol. The highest BCUT2D eigenvalue weighted by Crippen LogP contribution is 2.44. The van der Waals surface area contributed by atoms with E-state index >= 15 is 0 Å². The third-order valence-corrected chi connectivity index (χ3v) is 4.50. The number of carbonyl (C=O) groups is 1. The summed E-state index contributed by atoms with van der Waals surface area (Å²) in [6.45, 7) is 1.56. The van der Waals surface area contributed by atoms with E-state index in [1.165, 1.54) is 0 Å². The number of anilines is 3. The lowest BCUT2D eigenvalue weighted by Gasteiger charge is -2.24. The van der Waals surface area contributed by atoms with Crippen LogP contribution in [-0.4, -0.2) is 33.6 Å². The second kappa shape index (κ2) is 5.52. The third kappa shape index (κ3) is 2.24. The zero-order valence-corrected chi connectivity index (χ0v) is 13.2. The predicted octanol–water partition coefficient (Wildman–Crippen LogP) is 2.33. The molecule has 0 spiro atoms. The molecule has 0 bridgehead atoms. The van der Waals surface area contributed by atoms with Gasteiger partial charge in [-0.05, 0) is 37.5 Å². The van der Waals surface area contributed by atoms with Gasteiger partial charge in [0.25, 0.3) is 5.91 Å². The molecule has 1 saturated carbocycles. The molecule has 0 unspecified atom stereocenters. The molecule has 3 heterocycles. The lowest BCUT2D eigenvalue weighted by atomic mass is 10.1. The lowest BCUT2D eigenvalue weighted by molar-refractivity contribution is 0.102. The van der Waals surface area contributed by atoms with Crippen molar-refractivity contribution in [3.8, 4) is 0 Å². The van der Waals surface area contributed by atoms with Crippen LogP contribution in [0.1, 0.15) is 34.3 Å². The molecule has 2 aliphatic rings. The van der Waals surface area contributed by atoms with Crippen LogP contribution >= 0.6 is 0 Å². The highest BCUT2D eigenvalue weighted by Gasteiger charge is 2.39. The second-order valence-corrected chi connectivity index (χ2v) is 6.11. The highest BCUT2D eigenvalue weighted by molar-refractivity contribution is 6.12. The van der Waals surface area contributed by atoms with Gasteiger partial charge in [0.2, 0.25) is 5.95 Å². The molecule has 4 rings (SSSR count). The van der Waals surface area contributed by atoms with Gasteiger partial charge in [-0.3, -0.25) is 4.79 Å². The molecule has 2 aromatic heterocycles. The van der Waals surface area contributed by atoms with Crippen LogP contribution in [0.3, 0.4) is 0 Å². The van der Waals surface area contributed by atoms with Crippen molar-refractivity contribution < 1.29 is 14.3 Å². The van der Waals surface area contributed by atoms with Crippen LogP contribution in [0.2, 0.25) is 0 Å². The first kappa shape index (κ1) is 15.0. The van der Waals surface area contributed by atoms with Crippen LogP contribution < -0.4 is 10.2 Å². The van der Waals surface area contributed by atoms with Crippen molar-refractivity contribution >= 4 is 23.2 Å². The number of fused-ring (bicyclic) bond motifs is 2. The van der Waals surface area contributed by atoms with Crippen molar-refractivity contribution in [2.45, 2.75) is 32.2 Å². The maximum absolute atomic E-state index is 14.5. The number of nitrogens with zero attached hydrogens (tertiary/aromatic N) is 3. The molecule has 0 radical (unpaired) electrons. The summed E-state index contributed by atoms with van der Waals surface area (Å²) in [6, 6.07) is 3.58. The zero-order chi connectivity index (χ0) is 16.8. The van der Waals surface area contributed by atoms with Crippen molar-refractivity contribution in [2.75, 3.05) is 16.8 Å². The largest absolute Gasteiger partial charge is 0.396 e. The Kier molecular flexibility index (Phi) is 3.45. The highest BCUT2D eigenvalue weighted by atomic mass is 19.1. The Balaban J connectivity index is 1.97. The summed E-state index contributed by atoms with van der Waals surface area (Å²) >= 11 is 0. The Hall–Kier alpha value is -2.54. The molecular weight excluding hydrogens is 311 g/mol. The molecule has 0 atom stereocenters. The van der Waals surface area contributed by atoms with Crippen molar-refractivity contribution in [3.05, 3.63) is 41.0 Å². The van der Waals surface area contributed by atoms with Crippen LogP contribution in [0.15, 0.2) is 18.3 Å². The van der Waals surface area contributed by atoms with E-state index in [9.17, 15) is 14.3 Å². The molecule has 24 heavy (non-hydrogen) atoms. The molecule has 7 heteroatoms. The van der Waals surface area contributed by atoms with Gasteiger partial charge in [-0.15, -0.1) is 0 Å². The van der Waals surface area contributed by atoms with Gasteiger partial charge in [-0.25, -0.2) is 4.98 Å². The first-order valence-electron chi connectivity index (χ1n) is 7.97. The fourth-order valence-electron chi connectivity index (χ4n) is 3.14. The van der Waals surface area contributed by atoms with Crippen LogP contribution in [0.5, 0.6) is 0 Å². The summed E-state index contributed by atoms with van der Waals surface area (Å²) in [4.78, 5) is 23.0. The zero-order valence-electron chi connectivity index (χ0n) is 13.2. The van der Waals surface area contributed by atoms with Gasteiger partial charge >= 0.3 is 0 Å². The van der Waals surface area contributed by atoms with E-state index in [0.717, 1.165) is 12.8 Å². The summed E-state index contributed by atoms with van der Waals surface area (Å²) < 4.78 is 14.5. The minimum absolute atomic E-state index is 0.155. The lowest BCUT2D eigenvalue weighted by Crippen LogP contribution is -2.23. The van der Waals surface area contributed by atoms with E-state index in [-0.39, 0.29) is 25.0 Å². The van der Waals surface area contributed by atoms with E-state index in [2.05, 4.69) is 15.3 Å². The smallest absolute Gasteiger partial charge is 0.259 e. The number of hydrogen-bond acceptors (Lipinski definition) is 5.